The van der Waals surface area contributed by atoms with E-state index in [1.54, 1.807) is 0 Å². The highest BCUT2D eigenvalue weighted by atomic mass is 16.3. The summed E-state index contributed by atoms with van der Waals surface area (Å²) in [6.07, 6.45) is 6.51. The molecule has 1 atom stereocenters. The summed E-state index contributed by atoms with van der Waals surface area (Å²) in [5.41, 5.74) is 1.69. The molecule has 72 valence electrons. The SMILES string of the molecule is CC1(O)C=CC=C(c2ccccc2)C1. The van der Waals surface area contributed by atoms with Crippen LogP contribution in [0.1, 0.15) is 18.9 Å². The minimum Gasteiger partial charge on any atom is -0.386 e. The first-order chi connectivity index (χ1) is 6.67. The van der Waals surface area contributed by atoms with E-state index < -0.39 is 5.60 Å². The topological polar surface area (TPSA) is 20.2 Å². The second kappa shape index (κ2) is 3.43. The van der Waals surface area contributed by atoms with E-state index in [9.17, 15) is 5.11 Å². The molecule has 1 aliphatic carbocycles. The summed E-state index contributed by atoms with van der Waals surface area (Å²) < 4.78 is 0. The molecule has 0 amide bonds. The first-order valence-electron chi connectivity index (χ1n) is 4.84. The second-order valence-electron chi connectivity index (χ2n) is 3.95. The van der Waals surface area contributed by atoms with Gasteiger partial charge in [-0.2, -0.15) is 0 Å². The van der Waals surface area contributed by atoms with Gasteiger partial charge in [-0.1, -0.05) is 48.6 Å². The van der Waals surface area contributed by atoms with Crippen LogP contribution in [0.4, 0.5) is 0 Å². The van der Waals surface area contributed by atoms with Gasteiger partial charge in [-0.15, -0.1) is 0 Å². The number of rotatable bonds is 1. The number of aliphatic hydroxyl groups is 1. The van der Waals surface area contributed by atoms with Crippen molar-refractivity contribution in [3.63, 3.8) is 0 Å². The average molecular weight is 186 g/mol. The Morgan fingerprint density at radius 2 is 1.93 bits per heavy atom. The van der Waals surface area contributed by atoms with E-state index >= 15 is 0 Å². The zero-order chi connectivity index (χ0) is 10.0. The molecule has 1 heteroatoms. The van der Waals surface area contributed by atoms with E-state index in [-0.39, 0.29) is 0 Å². The maximum absolute atomic E-state index is 9.88. The van der Waals surface area contributed by atoms with Crippen LogP contribution in [0.3, 0.4) is 0 Å². The van der Waals surface area contributed by atoms with Gasteiger partial charge in [0.2, 0.25) is 0 Å². The lowest BCUT2D eigenvalue weighted by atomic mass is 9.88. The van der Waals surface area contributed by atoms with E-state index in [4.69, 9.17) is 0 Å². The normalized spacial score (nSPS) is 26.0. The maximum atomic E-state index is 9.88. The van der Waals surface area contributed by atoms with Crippen LogP contribution in [0.15, 0.2) is 48.6 Å². The van der Waals surface area contributed by atoms with E-state index in [1.165, 1.54) is 11.1 Å². The number of allylic oxidation sites excluding steroid dienone is 2. The van der Waals surface area contributed by atoms with Crippen LogP contribution in [0.25, 0.3) is 5.57 Å². The smallest absolute Gasteiger partial charge is 0.0843 e. The predicted molar refractivity (Wildman–Crippen MR) is 58.8 cm³/mol. The molecule has 0 spiro atoms. The molecular weight excluding hydrogens is 172 g/mol. The van der Waals surface area contributed by atoms with Crippen LogP contribution >= 0.6 is 0 Å². The standard InChI is InChI=1S/C13H14O/c1-13(14)9-5-8-12(10-13)11-6-3-2-4-7-11/h2-9,14H,10H2,1H3. The van der Waals surface area contributed by atoms with Crippen molar-refractivity contribution >= 4 is 5.57 Å². The summed E-state index contributed by atoms with van der Waals surface area (Å²) >= 11 is 0. The van der Waals surface area contributed by atoms with Gasteiger partial charge in [-0.05, 0) is 18.1 Å². The maximum Gasteiger partial charge on any atom is 0.0843 e. The Bertz CT molecular complexity index is 371. The van der Waals surface area contributed by atoms with Crippen molar-refractivity contribution in [3.8, 4) is 0 Å². The third-order valence-corrected chi connectivity index (χ3v) is 2.45. The Morgan fingerprint density at radius 1 is 1.21 bits per heavy atom. The second-order valence-corrected chi connectivity index (χ2v) is 3.95. The van der Waals surface area contributed by atoms with E-state index in [1.807, 2.05) is 37.3 Å². The zero-order valence-electron chi connectivity index (χ0n) is 8.27. The molecule has 1 aromatic rings. The van der Waals surface area contributed by atoms with E-state index in [0.29, 0.717) is 6.42 Å². The van der Waals surface area contributed by atoms with Gasteiger partial charge in [0.15, 0.2) is 0 Å². The van der Waals surface area contributed by atoms with Gasteiger partial charge in [0.25, 0.3) is 0 Å². The van der Waals surface area contributed by atoms with Crippen LogP contribution in [-0.4, -0.2) is 10.7 Å². The Balaban J connectivity index is 2.30. The van der Waals surface area contributed by atoms with Gasteiger partial charge >= 0.3 is 0 Å². The lowest BCUT2D eigenvalue weighted by Gasteiger charge is -2.23. The summed E-state index contributed by atoms with van der Waals surface area (Å²) in [7, 11) is 0. The van der Waals surface area contributed by atoms with Crippen LogP contribution < -0.4 is 0 Å². The molecule has 2 rings (SSSR count). The molecule has 0 saturated carbocycles. The van der Waals surface area contributed by atoms with E-state index in [0.717, 1.165) is 0 Å². The molecule has 0 aromatic heterocycles. The van der Waals surface area contributed by atoms with Crippen LogP contribution in [-0.2, 0) is 0 Å². The molecule has 0 fully saturated rings. The lowest BCUT2D eigenvalue weighted by Crippen LogP contribution is -2.22. The average Bonchev–Trinajstić information content (AvgIpc) is 2.18. The summed E-state index contributed by atoms with van der Waals surface area (Å²) in [6, 6.07) is 10.2. The van der Waals surface area contributed by atoms with Crippen molar-refractivity contribution in [3.05, 3.63) is 54.1 Å². The molecule has 0 saturated heterocycles. The van der Waals surface area contributed by atoms with Crippen LogP contribution in [0.2, 0.25) is 0 Å². The Hall–Kier alpha value is -1.34. The van der Waals surface area contributed by atoms with Crippen molar-refractivity contribution in [2.45, 2.75) is 18.9 Å². The monoisotopic (exact) mass is 186 g/mol. The molecule has 0 aliphatic heterocycles. The number of hydrogen-bond acceptors (Lipinski definition) is 1. The quantitative estimate of drug-likeness (QED) is 0.715. The first-order valence-corrected chi connectivity index (χ1v) is 4.84. The minimum absolute atomic E-state index is 0.688. The molecule has 0 radical (unpaired) electrons. The number of benzene rings is 1. The molecule has 1 aromatic carbocycles. The van der Waals surface area contributed by atoms with Crippen molar-refractivity contribution in [2.24, 2.45) is 0 Å². The van der Waals surface area contributed by atoms with Gasteiger partial charge in [-0.3, -0.25) is 0 Å². The third kappa shape index (κ3) is 1.94. The molecule has 1 aliphatic rings. The molecule has 0 heterocycles. The van der Waals surface area contributed by atoms with Crippen LogP contribution in [0.5, 0.6) is 0 Å². The van der Waals surface area contributed by atoms with Crippen molar-refractivity contribution in [2.75, 3.05) is 0 Å². The van der Waals surface area contributed by atoms with E-state index in [2.05, 4.69) is 18.2 Å². The highest BCUT2D eigenvalue weighted by Crippen LogP contribution is 2.29. The van der Waals surface area contributed by atoms with Gasteiger partial charge in [-0.25, -0.2) is 0 Å². The van der Waals surface area contributed by atoms with Gasteiger partial charge in [0.05, 0.1) is 5.60 Å². The molecule has 14 heavy (non-hydrogen) atoms. The first kappa shape index (κ1) is 9.22. The molecule has 1 N–H and O–H groups in total. The fraction of sp³-hybridized carbons (Fsp3) is 0.231. The van der Waals surface area contributed by atoms with Gasteiger partial charge in [0, 0.05) is 6.42 Å². The summed E-state index contributed by atoms with van der Waals surface area (Å²) in [5, 5.41) is 9.88. The number of hydrogen-bond donors (Lipinski definition) is 1. The molecule has 0 bridgehead atoms. The largest absolute Gasteiger partial charge is 0.386 e. The van der Waals surface area contributed by atoms with Crippen molar-refractivity contribution < 1.29 is 5.11 Å². The fourth-order valence-corrected chi connectivity index (χ4v) is 1.73. The highest BCUT2D eigenvalue weighted by Gasteiger charge is 2.21. The van der Waals surface area contributed by atoms with Gasteiger partial charge < -0.3 is 5.11 Å². The Morgan fingerprint density at radius 3 is 2.57 bits per heavy atom. The zero-order valence-corrected chi connectivity index (χ0v) is 8.27. The van der Waals surface area contributed by atoms with Gasteiger partial charge in [0.1, 0.15) is 0 Å². The summed E-state index contributed by atoms with van der Waals surface area (Å²) in [4.78, 5) is 0. The Labute approximate surface area is 84.4 Å². The lowest BCUT2D eigenvalue weighted by molar-refractivity contribution is 0.117. The Kier molecular flexibility index (Phi) is 2.26. The predicted octanol–water partition coefficient (Wildman–Crippen LogP) is 2.78. The fourth-order valence-electron chi connectivity index (χ4n) is 1.73. The summed E-state index contributed by atoms with van der Waals surface area (Å²) in [6.45, 7) is 1.83. The van der Waals surface area contributed by atoms with Crippen molar-refractivity contribution in [1.29, 1.82) is 0 Å². The van der Waals surface area contributed by atoms with Crippen LogP contribution in [0, 0.1) is 0 Å². The highest BCUT2D eigenvalue weighted by molar-refractivity contribution is 5.69. The molecular formula is C13H14O. The molecule has 1 nitrogen and oxygen atoms in total. The van der Waals surface area contributed by atoms with Crippen molar-refractivity contribution in [1.82, 2.24) is 0 Å². The third-order valence-electron chi connectivity index (χ3n) is 2.45. The summed E-state index contributed by atoms with van der Waals surface area (Å²) in [5.74, 6) is 0. The molecule has 1 unspecified atom stereocenters. The minimum atomic E-state index is -0.695.